The number of aliphatic hydroxyl groups is 3. The number of carbonyl (C=O) groups is 1. The number of hydrogen-bond acceptors (Lipinski definition) is 5. The molecule has 0 aromatic rings. The van der Waals surface area contributed by atoms with Gasteiger partial charge in [-0.1, -0.05) is 55.5 Å². The molecule has 0 aromatic heterocycles. The third kappa shape index (κ3) is 10.6. The van der Waals surface area contributed by atoms with E-state index in [1.165, 1.54) is 0 Å². The van der Waals surface area contributed by atoms with Crippen LogP contribution < -0.4 is 0 Å². The molecule has 28 heavy (non-hydrogen) atoms. The van der Waals surface area contributed by atoms with Crippen LogP contribution in [0.5, 0.6) is 0 Å². The van der Waals surface area contributed by atoms with Crippen molar-refractivity contribution in [3.8, 4) is 0 Å². The topological polar surface area (TPSA) is 107 Å². The van der Waals surface area contributed by atoms with Gasteiger partial charge < -0.3 is 25.2 Å². The van der Waals surface area contributed by atoms with Gasteiger partial charge in [0, 0.05) is 12.8 Å². The van der Waals surface area contributed by atoms with Gasteiger partial charge in [-0.2, -0.15) is 0 Å². The number of hydrogen-bond donors (Lipinski definition) is 4. The first kappa shape index (κ1) is 24.3. The fourth-order valence-corrected chi connectivity index (χ4v) is 2.84. The van der Waals surface area contributed by atoms with Crippen molar-refractivity contribution in [3.05, 3.63) is 48.6 Å². The fraction of sp³-hybridized carbons (Fsp3) is 0.591. The molecule has 0 radical (unpaired) electrons. The molecular weight excluding hydrogens is 360 g/mol. The lowest BCUT2D eigenvalue weighted by Gasteiger charge is -2.16. The Morgan fingerprint density at radius 1 is 1.11 bits per heavy atom. The van der Waals surface area contributed by atoms with E-state index in [0.29, 0.717) is 25.7 Å². The molecular formula is C22H34O6. The first-order chi connectivity index (χ1) is 13.4. The predicted octanol–water partition coefficient (Wildman–Crippen LogP) is 2.90. The first-order valence-corrected chi connectivity index (χ1v) is 9.98. The van der Waals surface area contributed by atoms with Crippen molar-refractivity contribution < 1.29 is 30.0 Å². The van der Waals surface area contributed by atoms with Crippen LogP contribution in [0.15, 0.2) is 48.6 Å². The number of rotatable bonds is 13. The SMILES string of the molecule is CC/C=C\C/C=C\C[C@@H](O)[C@H]1C[C@@H](O)[C@H](/C=C/[C@H](O)C/C=C\CCC(=O)O)O1. The molecule has 0 saturated carbocycles. The normalized spacial score (nSPS) is 25.5. The highest BCUT2D eigenvalue weighted by molar-refractivity contribution is 5.66. The highest BCUT2D eigenvalue weighted by Gasteiger charge is 2.35. The molecule has 6 nitrogen and oxygen atoms in total. The Hall–Kier alpha value is -1.73. The molecule has 0 amide bonds. The minimum Gasteiger partial charge on any atom is -0.481 e. The summed E-state index contributed by atoms with van der Waals surface area (Å²) < 4.78 is 5.72. The number of aliphatic hydroxyl groups excluding tert-OH is 3. The van der Waals surface area contributed by atoms with Crippen LogP contribution in [-0.2, 0) is 9.53 Å². The first-order valence-electron chi connectivity index (χ1n) is 9.98. The summed E-state index contributed by atoms with van der Waals surface area (Å²) in [7, 11) is 0. The fourth-order valence-electron chi connectivity index (χ4n) is 2.84. The molecule has 0 spiro atoms. The van der Waals surface area contributed by atoms with Crippen molar-refractivity contribution in [2.24, 2.45) is 0 Å². The van der Waals surface area contributed by atoms with Crippen molar-refractivity contribution in [3.63, 3.8) is 0 Å². The quantitative estimate of drug-likeness (QED) is 0.358. The lowest BCUT2D eigenvalue weighted by atomic mass is 10.0. The highest BCUT2D eigenvalue weighted by Crippen LogP contribution is 2.25. The molecule has 5 atom stereocenters. The van der Waals surface area contributed by atoms with Gasteiger partial charge in [-0.25, -0.2) is 0 Å². The Balaban J connectivity index is 2.34. The third-order valence-corrected chi connectivity index (χ3v) is 4.42. The van der Waals surface area contributed by atoms with Crippen molar-refractivity contribution >= 4 is 5.97 Å². The molecule has 6 heteroatoms. The summed E-state index contributed by atoms with van der Waals surface area (Å²) in [4.78, 5) is 10.4. The lowest BCUT2D eigenvalue weighted by molar-refractivity contribution is -0.136. The lowest BCUT2D eigenvalue weighted by Crippen LogP contribution is -2.25. The van der Waals surface area contributed by atoms with Crippen LogP contribution in [0.4, 0.5) is 0 Å². The smallest absolute Gasteiger partial charge is 0.303 e. The van der Waals surface area contributed by atoms with Crippen molar-refractivity contribution in [1.29, 1.82) is 0 Å². The number of carboxylic acid groups (broad SMARTS) is 1. The molecule has 1 aliphatic heterocycles. The van der Waals surface area contributed by atoms with Crippen molar-refractivity contribution in [2.45, 2.75) is 82.4 Å². The largest absolute Gasteiger partial charge is 0.481 e. The van der Waals surface area contributed by atoms with Crippen LogP contribution in [0.2, 0.25) is 0 Å². The van der Waals surface area contributed by atoms with Gasteiger partial charge in [-0.05, 0) is 32.1 Å². The van der Waals surface area contributed by atoms with Crippen molar-refractivity contribution in [2.75, 3.05) is 0 Å². The average molecular weight is 395 g/mol. The predicted molar refractivity (Wildman–Crippen MR) is 109 cm³/mol. The van der Waals surface area contributed by atoms with Gasteiger partial charge in [-0.15, -0.1) is 0 Å². The maximum atomic E-state index is 10.4. The van der Waals surface area contributed by atoms with Crippen LogP contribution in [0.3, 0.4) is 0 Å². The van der Waals surface area contributed by atoms with Crippen LogP contribution in [0.1, 0.15) is 51.9 Å². The molecule has 4 N–H and O–H groups in total. The molecule has 1 saturated heterocycles. The summed E-state index contributed by atoms with van der Waals surface area (Å²) in [6.07, 6.45) is 15.1. The Kier molecular flexibility index (Phi) is 12.4. The number of carboxylic acids is 1. The van der Waals surface area contributed by atoms with Gasteiger partial charge in [0.05, 0.1) is 24.4 Å². The molecule has 158 valence electrons. The minimum atomic E-state index is -0.849. The van der Waals surface area contributed by atoms with E-state index in [2.05, 4.69) is 19.1 Å². The summed E-state index contributed by atoms with van der Waals surface area (Å²) >= 11 is 0. The highest BCUT2D eigenvalue weighted by atomic mass is 16.5. The zero-order valence-corrected chi connectivity index (χ0v) is 16.6. The number of aliphatic carboxylic acids is 1. The van der Waals surface area contributed by atoms with E-state index in [1.807, 2.05) is 12.2 Å². The molecule has 0 aliphatic carbocycles. The Morgan fingerprint density at radius 3 is 2.54 bits per heavy atom. The van der Waals surface area contributed by atoms with E-state index < -0.39 is 36.5 Å². The molecule has 0 aromatic carbocycles. The second kappa shape index (κ2) is 14.3. The average Bonchev–Trinajstić information content (AvgIpc) is 3.03. The summed E-state index contributed by atoms with van der Waals surface area (Å²) in [5.41, 5.74) is 0. The maximum absolute atomic E-state index is 10.4. The van der Waals surface area contributed by atoms with Crippen LogP contribution in [-0.4, -0.2) is 56.9 Å². The molecule has 1 aliphatic rings. The Labute approximate surface area is 167 Å². The monoisotopic (exact) mass is 394 g/mol. The van der Waals surface area contributed by atoms with Gasteiger partial charge in [0.1, 0.15) is 6.10 Å². The maximum Gasteiger partial charge on any atom is 0.303 e. The Morgan fingerprint density at radius 2 is 1.82 bits per heavy atom. The van der Waals surface area contributed by atoms with E-state index in [-0.39, 0.29) is 6.42 Å². The molecule has 0 bridgehead atoms. The molecule has 1 rings (SSSR count). The molecule has 1 heterocycles. The van der Waals surface area contributed by atoms with Gasteiger partial charge in [0.25, 0.3) is 0 Å². The standard InChI is InChI=1S/C22H34O6/c1-2-3-4-5-6-9-12-18(24)21-16-19(25)20(28-21)15-14-17(23)11-8-7-10-13-22(26)27/h3-4,6-9,14-15,17-21,23-25H,2,5,10-13,16H2,1H3,(H,26,27)/b4-3-,8-7-,9-6-,15-14+/t17-,18-,19-,20+,21-/m1/s1. The van der Waals surface area contributed by atoms with Gasteiger partial charge in [0.15, 0.2) is 0 Å². The summed E-state index contributed by atoms with van der Waals surface area (Å²) in [5, 5.41) is 38.8. The second-order valence-corrected chi connectivity index (χ2v) is 6.92. The van der Waals surface area contributed by atoms with E-state index in [0.717, 1.165) is 12.8 Å². The number of ether oxygens (including phenoxy) is 1. The van der Waals surface area contributed by atoms with Crippen LogP contribution in [0.25, 0.3) is 0 Å². The molecule has 0 unspecified atom stereocenters. The van der Waals surface area contributed by atoms with Gasteiger partial charge >= 0.3 is 5.97 Å². The zero-order valence-electron chi connectivity index (χ0n) is 16.6. The summed E-state index contributed by atoms with van der Waals surface area (Å²) in [6.45, 7) is 2.08. The van der Waals surface area contributed by atoms with E-state index in [1.54, 1.807) is 24.3 Å². The van der Waals surface area contributed by atoms with Crippen LogP contribution in [0, 0.1) is 0 Å². The molecule has 1 fully saturated rings. The Bertz CT molecular complexity index is 551. The number of allylic oxidation sites excluding steroid dienone is 4. The third-order valence-electron chi connectivity index (χ3n) is 4.42. The summed E-state index contributed by atoms with van der Waals surface area (Å²) in [6, 6.07) is 0. The van der Waals surface area contributed by atoms with E-state index in [9.17, 15) is 20.1 Å². The van der Waals surface area contributed by atoms with Crippen molar-refractivity contribution in [1.82, 2.24) is 0 Å². The van der Waals surface area contributed by atoms with Crippen LogP contribution >= 0.6 is 0 Å². The van der Waals surface area contributed by atoms with E-state index >= 15 is 0 Å². The second-order valence-electron chi connectivity index (χ2n) is 6.92. The van der Waals surface area contributed by atoms with Gasteiger partial charge in [0.2, 0.25) is 0 Å². The minimum absolute atomic E-state index is 0.0683. The van der Waals surface area contributed by atoms with Gasteiger partial charge in [-0.3, -0.25) is 4.79 Å². The zero-order chi connectivity index (χ0) is 20.8. The van der Waals surface area contributed by atoms with E-state index in [4.69, 9.17) is 9.84 Å². The summed E-state index contributed by atoms with van der Waals surface area (Å²) in [5.74, 6) is -0.849.